The summed E-state index contributed by atoms with van der Waals surface area (Å²) in [6.45, 7) is 3.27. The molecule has 1 fully saturated rings. The summed E-state index contributed by atoms with van der Waals surface area (Å²) in [6, 6.07) is 13.8. The van der Waals surface area contributed by atoms with Gasteiger partial charge < -0.3 is 9.32 Å². The van der Waals surface area contributed by atoms with Crippen molar-refractivity contribution in [3.8, 4) is 10.6 Å². The van der Waals surface area contributed by atoms with E-state index in [1.54, 1.807) is 16.0 Å². The number of amides is 1. The molecular formula is C25H23N5O2S. The zero-order chi connectivity index (χ0) is 22.5. The van der Waals surface area contributed by atoms with Gasteiger partial charge >= 0.3 is 0 Å². The number of pyridine rings is 1. The lowest BCUT2D eigenvalue weighted by Crippen LogP contribution is -2.38. The molecule has 1 amide bonds. The van der Waals surface area contributed by atoms with Gasteiger partial charge in [0.15, 0.2) is 17.1 Å². The Morgan fingerprint density at radius 2 is 1.94 bits per heavy atom. The lowest BCUT2D eigenvalue weighted by molar-refractivity contribution is 0.0708. The van der Waals surface area contributed by atoms with E-state index in [4.69, 9.17) is 9.40 Å². The molecule has 0 bridgehead atoms. The number of carbonyl (C=O) groups is 1. The normalized spacial score (nSPS) is 15.0. The lowest BCUT2D eigenvalue weighted by atomic mass is 9.96. The van der Waals surface area contributed by atoms with Crippen molar-refractivity contribution in [2.45, 2.75) is 25.7 Å². The predicted molar refractivity (Wildman–Crippen MR) is 128 cm³/mol. The van der Waals surface area contributed by atoms with Crippen molar-refractivity contribution in [3.05, 3.63) is 65.0 Å². The van der Waals surface area contributed by atoms with E-state index in [1.807, 2.05) is 66.7 Å². The first-order chi connectivity index (χ1) is 16.1. The molecule has 6 rings (SSSR count). The van der Waals surface area contributed by atoms with Crippen molar-refractivity contribution < 1.29 is 9.21 Å². The van der Waals surface area contributed by atoms with Crippen molar-refractivity contribution in [1.82, 2.24) is 24.6 Å². The molecule has 7 nitrogen and oxygen atoms in total. The van der Waals surface area contributed by atoms with Crippen LogP contribution in [-0.2, 0) is 7.05 Å². The third-order valence-electron chi connectivity index (χ3n) is 6.41. The SMILES string of the molecule is Cc1nn(C)c2nc(-c3cccs3)cc(C(=O)N3CCC(c4nc5ccccc5o4)CC3)c12. The molecule has 4 aromatic heterocycles. The highest BCUT2D eigenvalue weighted by Gasteiger charge is 2.29. The summed E-state index contributed by atoms with van der Waals surface area (Å²) in [5, 5.41) is 7.40. The summed E-state index contributed by atoms with van der Waals surface area (Å²) >= 11 is 1.62. The first-order valence-corrected chi connectivity index (χ1v) is 12.0. The minimum Gasteiger partial charge on any atom is -0.440 e. The van der Waals surface area contributed by atoms with Gasteiger partial charge in [0.2, 0.25) is 0 Å². The van der Waals surface area contributed by atoms with Crippen molar-refractivity contribution in [2.24, 2.45) is 7.05 Å². The Labute approximate surface area is 194 Å². The maximum Gasteiger partial charge on any atom is 0.254 e. The Morgan fingerprint density at radius 1 is 1.12 bits per heavy atom. The third-order valence-corrected chi connectivity index (χ3v) is 7.31. The molecule has 5 heterocycles. The van der Waals surface area contributed by atoms with Gasteiger partial charge in [-0.1, -0.05) is 18.2 Å². The van der Waals surface area contributed by atoms with Crippen molar-refractivity contribution in [2.75, 3.05) is 13.1 Å². The Bertz CT molecular complexity index is 1440. The number of carbonyl (C=O) groups excluding carboxylic acids is 1. The van der Waals surface area contributed by atoms with E-state index >= 15 is 0 Å². The van der Waals surface area contributed by atoms with Gasteiger partial charge in [0.25, 0.3) is 5.91 Å². The number of likely N-dealkylation sites (tertiary alicyclic amines) is 1. The van der Waals surface area contributed by atoms with Gasteiger partial charge in [0.05, 0.1) is 27.2 Å². The molecule has 0 unspecified atom stereocenters. The van der Waals surface area contributed by atoms with Crippen LogP contribution in [-0.4, -0.2) is 43.6 Å². The molecule has 5 aromatic rings. The maximum absolute atomic E-state index is 13.7. The number of rotatable bonds is 3. The van der Waals surface area contributed by atoms with Crippen LogP contribution in [0.5, 0.6) is 0 Å². The van der Waals surface area contributed by atoms with E-state index in [-0.39, 0.29) is 11.8 Å². The largest absolute Gasteiger partial charge is 0.440 e. The topological polar surface area (TPSA) is 77.1 Å². The summed E-state index contributed by atoms with van der Waals surface area (Å²) in [7, 11) is 1.88. The highest BCUT2D eigenvalue weighted by molar-refractivity contribution is 7.13. The zero-order valence-electron chi connectivity index (χ0n) is 18.5. The minimum atomic E-state index is 0.0346. The average molecular weight is 458 g/mol. The number of benzene rings is 1. The molecule has 8 heteroatoms. The zero-order valence-corrected chi connectivity index (χ0v) is 19.3. The van der Waals surface area contributed by atoms with Gasteiger partial charge in [0.1, 0.15) is 5.52 Å². The van der Waals surface area contributed by atoms with E-state index in [2.05, 4.69) is 10.1 Å². The number of para-hydroxylation sites is 2. The molecular weight excluding hydrogens is 434 g/mol. The molecule has 1 saturated heterocycles. The second kappa shape index (κ2) is 7.81. The monoisotopic (exact) mass is 457 g/mol. The molecule has 0 atom stereocenters. The lowest BCUT2D eigenvalue weighted by Gasteiger charge is -2.31. The van der Waals surface area contributed by atoms with E-state index < -0.39 is 0 Å². The fourth-order valence-electron chi connectivity index (χ4n) is 4.73. The number of hydrogen-bond donors (Lipinski definition) is 0. The number of hydrogen-bond acceptors (Lipinski definition) is 6. The Kier molecular flexibility index (Phi) is 4.76. The van der Waals surface area contributed by atoms with Crippen molar-refractivity contribution in [1.29, 1.82) is 0 Å². The summed E-state index contributed by atoms with van der Waals surface area (Å²) in [6.07, 6.45) is 1.66. The smallest absolute Gasteiger partial charge is 0.254 e. The van der Waals surface area contributed by atoms with Crippen molar-refractivity contribution >= 4 is 39.4 Å². The molecule has 33 heavy (non-hydrogen) atoms. The molecule has 0 saturated carbocycles. The maximum atomic E-state index is 13.7. The molecule has 0 radical (unpaired) electrons. The minimum absolute atomic E-state index is 0.0346. The van der Waals surface area contributed by atoms with Crippen LogP contribution in [0.4, 0.5) is 0 Å². The number of thiophene rings is 1. The number of aryl methyl sites for hydroxylation is 2. The third kappa shape index (κ3) is 3.41. The summed E-state index contributed by atoms with van der Waals surface area (Å²) in [5.41, 5.74) is 4.75. The first kappa shape index (κ1) is 20.1. The number of fused-ring (bicyclic) bond motifs is 2. The van der Waals surface area contributed by atoms with E-state index in [1.165, 1.54) is 0 Å². The van der Waals surface area contributed by atoms with Gasteiger partial charge in [-0.3, -0.25) is 9.48 Å². The van der Waals surface area contributed by atoms with Crippen LogP contribution in [0.25, 0.3) is 32.7 Å². The molecule has 0 spiro atoms. The first-order valence-electron chi connectivity index (χ1n) is 11.1. The van der Waals surface area contributed by atoms with Gasteiger partial charge in [-0.15, -0.1) is 11.3 Å². The molecule has 1 aliphatic rings. The van der Waals surface area contributed by atoms with Crippen LogP contribution in [0.3, 0.4) is 0 Å². The van der Waals surface area contributed by atoms with E-state index in [9.17, 15) is 4.79 Å². The van der Waals surface area contributed by atoms with Gasteiger partial charge in [-0.25, -0.2) is 9.97 Å². The predicted octanol–water partition coefficient (Wildman–Crippen LogP) is 5.17. The van der Waals surface area contributed by atoms with Crippen LogP contribution >= 0.6 is 11.3 Å². The van der Waals surface area contributed by atoms with Gasteiger partial charge in [-0.05, 0) is 49.4 Å². The Balaban J connectivity index is 1.30. The number of oxazole rings is 1. The number of nitrogens with zero attached hydrogens (tertiary/aromatic N) is 5. The van der Waals surface area contributed by atoms with Crippen LogP contribution in [0.15, 0.2) is 52.3 Å². The van der Waals surface area contributed by atoms with E-state index in [0.717, 1.165) is 57.1 Å². The van der Waals surface area contributed by atoms with E-state index in [0.29, 0.717) is 18.7 Å². The molecule has 1 aromatic carbocycles. The van der Waals surface area contributed by atoms with Crippen molar-refractivity contribution in [3.63, 3.8) is 0 Å². The quantitative estimate of drug-likeness (QED) is 0.374. The fraction of sp³-hybridized carbons (Fsp3) is 0.280. The summed E-state index contributed by atoms with van der Waals surface area (Å²) < 4.78 is 7.75. The standard InChI is InChI=1S/C25H23N5O2S/c1-15-22-17(14-19(21-8-5-13-33-21)26-23(22)29(2)28-15)25(31)30-11-9-16(10-12-30)24-27-18-6-3-4-7-20(18)32-24/h3-8,13-14,16H,9-12H2,1-2H3. The van der Waals surface area contributed by atoms with Crippen LogP contribution < -0.4 is 0 Å². The van der Waals surface area contributed by atoms with Gasteiger partial charge in [-0.2, -0.15) is 5.10 Å². The number of aromatic nitrogens is 4. The highest BCUT2D eigenvalue weighted by Crippen LogP contribution is 2.33. The summed E-state index contributed by atoms with van der Waals surface area (Å²) in [5.74, 6) is 1.03. The fourth-order valence-corrected chi connectivity index (χ4v) is 5.41. The van der Waals surface area contributed by atoms with Gasteiger partial charge in [0, 0.05) is 26.1 Å². The molecule has 1 aliphatic heterocycles. The van der Waals surface area contributed by atoms with Crippen LogP contribution in [0, 0.1) is 6.92 Å². The molecule has 0 aliphatic carbocycles. The molecule has 166 valence electrons. The highest BCUT2D eigenvalue weighted by atomic mass is 32.1. The second-order valence-corrected chi connectivity index (χ2v) is 9.47. The Hall–Kier alpha value is -3.52. The Morgan fingerprint density at radius 3 is 2.70 bits per heavy atom. The van der Waals surface area contributed by atoms with Crippen LogP contribution in [0.1, 0.15) is 40.7 Å². The second-order valence-electron chi connectivity index (χ2n) is 8.53. The van der Waals surface area contributed by atoms with Crippen LogP contribution in [0.2, 0.25) is 0 Å². The molecule has 0 N–H and O–H groups in total. The number of piperidine rings is 1. The average Bonchev–Trinajstić information content (AvgIpc) is 3.58. The summed E-state index contributed by atoms with van der Waals surface area (Å²) in [4.78, 5) is 26.2.